The second-order valence-corrected chi connectivity index (χ2v) is 3.84. The third kappa shape index (κ3) is 2.21. The Labute approximate surface area is 93.6 Å². The summed E-state index contributed by atoms with van der Waals surface area (Å²) in [6, 6.07) is 7.56. The minimum atomic E-state index is -0.503. The van der Waals surface area contributed by atoms with Gasteiger partial charge in [-0.05, 0) is 18.6 Å². The van der Waals surface area contributed by atoms with Gasteiger partial charge in [0.2, 0.25) is 0 Å². The van der Waals surface area contributed by atoms with Crippen LogP contribution in [0, 0.1) is 0 Å². The Hall–Kier alpha value is -1.84. The number of Topliss-reactive ketones (excluding diaryl/α,β-unsaturated/α-hetero) is 1. The van der Waals surface area contributed by atoms with Crippen LogP contribution in [-0.2, 0) is 16.0 Å². The SMILES string of the molecule is CC(=O)CNC(=O)C1Cc2ccccc2O1. The van der Waals surface area contributed by atoms with Crippen molar-refractivity contribution >= 4 is 11.7 Å². The predicted octanol–water partition coefficient (Wildman–Crippen LogP) is 0.695. The molecule has 1 aliphatic rings. The largest absolute Gasteiger partial charge is 0.480 e. The zero-order chi connectivity index (χ0) is 11.5. The summed E-state index contributed by atoms with van der Waals surface area (Å²) in [5, 5.41) is 2.55. The van der Waals surface area contributed by atoms with E-state index in [0.29, 0.717) is 6.42 Å². The molecular weight excluding hydrogens is 206 g/mol. The molecule has 1 unspecified atom stereocenters. The van der Waals surface area contributed by atoms with E-state index in [9.17, 15) is 9.59 Å². The van der Waals surface area contributed by atoms with E-state index in [-0.39, 0.29) is 18.2 Å². The molecular formula is C12H13NO3. The number of amides is 1. The quantitative estimate of drug-likeness (QED) is 0.814. The normalized spacial score (nSPS) is 17.4. The zero-order valence-corrected chi connectivity index (χ0v) is 9.03. The van der Waals surface area contributed by atoms with Crippen LogP contribution in [0.3, 0.4) is 0 Å². The molecule has 0 radical (unpaired) electrons. The molecule has 4 heteroatoms. The average Bonchev–Trinajstić information content (AvgIpc) is 2.69. The molecule has 16 heavy (non-hydrogen) atoms. The number of benzene rings is 1. The number of ether oxygens (including phenoxy) is 1. The molecule has 0 fully saturated rings. The van der Waals surface area contributed by atoms with E-state index in [0.717, 1.165) is 11.3 Å². The molecule has 0 saturated heterocycles. The molecule has 0 aromatic heterocycles. The number of carbonyl (C=O) groups is 2. The highest BCUT2D eigenvalue weighted by Crippen LogP contribution is 2.27. The third-order valence-corrected chi connectivity index (χ3v) is 2.45. The van der Waals surface area contributed by atoms with Crippen LogP contribution in [0.1, 0.15) is 12.5 Å². The lowest BCUT2D eigenvalue weighted by Gasteiger charge is -2.09. The number of carbonyl (C=O) groups excluding carboxylic acids is 2. The van der Waals surface area contributed by atoms with Crippen molar-refractivity contribution in [2.24, 2.45) is 0 Å². The summed E-state index contributed by atoms with van der Waals surface area (Å²) in [5.74, 6) is 0.459. The van der Waals surface area contributed by atoms with Gasteiger partial charge in [0.1, 0.15) is 11.5 Å². The molecule has 1 heterocycles. The minimum absolute atomic E-state index is 0.0645. The molecule has 1 amide bonds. The van der Waals surface area contributed by atoms with Gasteiger partial charge in [0.15, 0.2) is 6.10 Å². The molecule has 0 aliphatic carbocycles. The Kier molecular flexibility index (Phi) is 2.90. The number of hydrogen-bond acceptors (Lipinski definition) is 3. The van der Waals surface area contributed by atoms with E-state index in [4.69, 9.17) is 4.74 Å². The summed E-state index contributed by atoms with van der Waals surface area (Å²) in [5.41, 5.74) is 1.03. The highest BCUT2D eigenvalue weighted by molar-refractivity contribution is 5.87. The first-order chi connectivity index (χ1) is 7.66. The summed E-state index contributed by atoms with van der Waals surface area (Å²) in [6.45, 7) is 1.50. The van der Waals surface area contributed by atoms with Gasteiger partial charge < -0.3 is 10.1 Å². The molecule has 1 aliphatic heterocycles. The molecule has 0 saturated carbocycles. The maximum Gasteiger partial charge on any atom is 0.261 e. The van der Waals surface area contributed by atoms with Crippen molar-refractivity contribution in [1.29, 1.82) is 0 Å². The maximum absolute atomic E-state index is 11.6. The monoisotopic (exact) mass is 219 g/mol. The highest BCUT2D eigenvalue weighted by Gasteiger charge is 2.28. The summed E-state index contributed by atoms with van der Waals surface area (Å²) < 4.78 is 5.48. The van der Waals surface area contributed by atoms with E-state index in [1.54, 1.807) is 0 Å². The minimum Gasteiger partial charge on any atom is -0.480 e. The molecule has 1 aromatic rings. The number of nitrogens with one attached hydrogen (secondary N) is 1. The summed E-state index contributed by atoms with van der Waals surface area (Å²) in [7, 11) is 0. The Morgan fingerprint density at radius 3 is 2.88 bits per heavy atom. The molecule has 0 spiro atoms. The Balaban J connectivity index is 1.96. The lowest BCUT2D eigenvalue weighted by Crippen LogP contribution is -2.39. The fraction of sp³-hybridized carbons (Fsp3) is 0.333. The van der Waals surface area contributed by atoms with E-state index in [2.05, 4.69) is 5.32 Å². The Morgan fingerprint density at radius 1 is 1.44 bits per heavy atom. The Bertz CT molecular complexity index is 403. The molecule has 4 nitrogen and oxygen atoms in total. The first-order valence-corrected chi connectivity index (χ1v) is 5.18. The van der Waals surface area contributed by atoms with Gasteiger partial charge in [-0.15, -0.1) is 0 Å². The van der Waals surface area contributed by atoms with Gasteiger partial charge in [-0.1, -0.05) is 18.2 Å². The van der Waals surface area contributed by atoms with Crippen LogP contribution in [0.5, 0.6) is 5.75 Å². The van der Waals surface area contributed by atoms with Gasteiger partial charge in [-0.3, -0.25) is 9.59 Å². The van der Waals surface area contributed by atoms with Crippen LogP contribution in [0.2, 0.25) is 0 Å². The molecule has 1 N–H and O–H groups in total. The number of para-hydroxylation sites is 1. The van der Waals surface area contributed by atoms with Crippen molar-refractivity contribution in [3.63, 3.8) is 0 Å². The zero-order valence-electron chi connectivity index (χ0n) is 9.03. The van der Waals surface area contributed by atoms with Crippen molar-refractivity contribution in [3.05, 3.63) is 29.8 Å². The van der Waals surface area contributed by atoms with Gasteiger partial charge in [0.05, 0.1) is 6.54 Å². The molecule has 2 rings (SSSR count). The van der Waals surface area contributed by atoms with Gasteiger partial charge >= 0.3 is 0 Å². The van der Waals surface area contributed by atoms with Crippen molar-refractivity contribution in [3.8, 4) is 5.75 Å². The highest BCUT2D eigenvalue weighted by atomic mass is 16.5. The smallest absolute Gasteiger partial charge is 0.261 e. The summed E-state index contributed by atoms with van der Waals surface area (Å²) in [6.07, 6.45) is 0.0663. The molecule has 0 bridgehead atoms. The van der Waals surface area contributed by atoms with Gasteiger partial charge in [-0.25, -0.2) is 0 Å². The summed E-state index contributed by atoms with van der Waals surface area (Å²) in [4.78, 5) is 22.4. The van der Waals surface area contributed by atoms with Crippen molar-refractivity contribution in [2.75, 3.05) is 6.54 Å². The number of rotatable bonds is 3. The van der Waals surface area contributed by atoms with E-state index >= 15 is 0 Å². The van der Waals surface area contributed by atoms with Crippen LogP contribution in [0.4, 0.5) is 0 Å². The Morgan fingerprint density at radius 2 is 2.19 bits per heavy atom. The van der Waals surface area contributed by atoms with Gasteiger partial charge in [-0.2, -0.15) is 0 Å². The standard InChI is InChI=1S/C12H13NO3/c1-8(14)7-13-12(15)11-6-9-4-2-3-5-10(9)16-11/h2-5,11H,6-7H2,1H3,(H,13,15). The molecule has 1 aromatic carbocycles. The molecule has 1 atom stereocenters. The first kappa shape index (κ1) is 10.7. The fourth-order valence-corrected chi connectivity index (χ4v) is 1.65. The fourth-order valence-electron chi connectivity index (χ4n) is 1.65. The van der Waals surface area contributed by atoms with Gasteiger partial charge in [0.25, 0.3) is 5.91 Å². The number of ketones is 1. The lowest BCUT2D eigenvalue weighted by molar-refractivity contribution is -0.129. The van der Waals surface area contributed by atoms with Crippen LogP contribution >= 0.6 is 0 Å². The van der Waals surface area contributed by atoms with Gasteiger partial charge in [0, 0.05) is 6.42 Å². The summed E-state index contributed by atoms with van der Waals surface area (Å²) >= 11 is 0. The third-order valence-electron chi connectivity index (χ3n) is 2.45. The second-order valence-electron chi connectivity index (χ2n) is 3.84. The lowest BCUT2D eigenvalue weighted by atomic mass is 10.1. The van der Waals surface area contributed by atoms with E-state index in [1.165, 1.54) is 6.92 Å². The van der Waals surface area contributed by atoms with Crippen molar-refractivity contribution in [1.82, 2.24) is 5.32 Å². The van der Waals surface area contributed by atoms with Crippen LogP contribution in [-0.4, -0.2) is 24.3 Å². The van der Waals surface area contributed by atoms with Crippen LogP contribution in [0.15, 0.2) is 24.3 Å². The average molecular weight is 219 g/mol. The predicted molar refractivity (Wildman–Crippen MR) is 58.3 cm³/mol. The first-order valence-electron chi connectivity index (χ1n) is 5.18. The van der Waals surface area contributed by atoms with Crippen LogP contribution < -0.4 is 10.1 Å². The molecule has 84 valence electrons. The number of hydrogen-bond donors (Lipinski definition) is 1. The number of fused-ring (bicyclic) bond motifs is 1. The van der Waals surface area contributed by atoms with Crippen LogP contribution in [0.25, 0.3) is 0 Å². The topological polar surface area (TPSA) is 55.4 Å². The second kappa shape index (κ2) is 4.35. The van der Waals surface area contributed by atoms with E-state index in [1.807, 2.05) is 24.3 Å². The van der Waals surface area contributed by atoms with Crippen molar-refractivity contribution < 1.29 is 14.3 Å². The van der Waals surface area contributed by atoms with E-state index < -0.39 is 6.10 Å². The van der Waals surface area contributed by atoms with Crippen molar-refractivity contribution in [2.45, 2.75) is 19.4 Å². The maximum atomic E-state index is 11.6.